The second-order valence-electron chi connectivity index (χ2n) is 9.36. The van der Waals surface area contributed by atoms with E-state index < -0.39 is 0 Å². The fraction of sp³-hybridized carbons (Fsp3) is 0.333. The molecule has 1 amide bonds. The molecule has 192 valence electrons. The fourth-order valence-electron chi connectivity index (χ4n) is 4.98. The zero-order chi connectivity index (χ0) is 25.6. The van der Waals surface area contributed by atoms with Crippen LogP contribution in [0.4, 0.5) is 22.7 Å². The average Bonchev–Trinajstić information content (AvgIpc) is 2.97. The third kappa shape index (κ3) is 5.77. The van der Waals surface area contributed by atoms with Crippen molar-refractivity contribution >= 4 is 46.8 Å². The summed E-state index contributed by atoms with van der Waals surface area (Å²) in [7, 11) is 0. The number of nitrogens with one attached hydrogen (secondary N) is 1. The average molecular weight is 514 g/mol. The third-order valence-electron chi connectivity index (χ3n) is 7.17. The van der Waals surface area contributed by atoms with Crippen LogP contribution in [0.25, 0.3) is 0 Å². The first-order valence-corrected chi connectivity index (χ1v) is 14.0. The Balaban J connectivity index is 1.14. The summed E-state index contributed by atoms with van der Waals surface area (Å²) in [6.07, 6.45) is 4.04. The van der Waals surface area contributed by atoms with Crippen molar-refractivity contribution in [1.82, 2.24) is 4.90 Å². The van der Waals surface area contributed by atoms with Gasteiger partial charge in [0.05, 0.1) is 10.6 Å². The first-order chi connectivity index (χ1) is 18.2. The van der Waals surface area contributed by atoms with E-state index in [2.05, 4.69) is 75.8 Å². The highest BCUT2D eigenvalue weighted by Gasteiger charge is 2.22. The summed E-state index contributed by atoms with van der Waals surface area (Å²) >= 11 is 1.57. The predicted octanol–water partition coefficient (Wildman–Crippen LogP) is 6.26. The Hall–Kier alpha value is -3.45. The molecular weight excluding hydrogens is 478 g/mol. The number of carbonyl (C=O) groups excluding carboxylic acids is 1. The van der Waals surface area contributed by atoms with Gasteiger partial charge in [0.15, 0.2) is 0 Å². The molecular formula is C30H35N5OS. The molecule has 37 heavy (non-hydrogen) atoms. The van der Waals surface area contributed by atoms with Crippen molar-refractivity contribution in [3.05, 3.63) is 77.9 Å². The van der Waals surface area contributed by atoms with Crippen LogP contribution in [0.3, 0.4) is 0 Å². The van der Waals surface area contributed by atoms with Gasteiger partial charge in [-0.3, -0.25) is 9.79 Å². The summed E-state index contributed by atoms with van der Waals surface area (Å²) in [6, 6.07) is 22.9. The van der Waals surface area contributed by atoms with E-state index in [4.69, 9.17) is 0 Å². The molecule has 3 aromatic carbocycles. The van der Waals surface area contributed by atoms with Crippen molar-refractivity contribution in [2.24, 2.45) is 4.99 Å². The molecule has 2 aliphatic heterocycles. The Labute approximate surface area is 224 Å². The molecule has 1 fully saturated rings. The molecule has 5 rings (SSSR count). The van der Waals surface area contributed by atoms with E-state index in [9.17, 15) is 4.79 Å². The molecule has 0 radical (unpaired) electrons. The molecule has 3 aromatic rings. The second kappa shape index (κ2) is 11.7. The number of benzene rings is 3. The maximum Gasteiger partial charge on any atom is 0.253 e. The predicted molar refractivity (Wildman–Crippen MR) is 157 cm³/mol. The number of anilines is 3. The Kier molecular flexibility index (Phi) is 7.99. The first-order valence-electron chi connectivity index (χ1n) is 13.2. The van der Waals surface area contributed by atoms with Crippen LogP contribution in [0.2, 0.25) is 0 Å². The Morgan fingerprint density at radius 3 is 2.38 bits per heavy atom. The number of piperazine rings is 1. The van der Waals surface area contributed by atoms with E-state index in [0.717, 1.165) is 73.9 Å². The van der Waals surface area contributed by atoms with Gasteiger partial charge in [0.2, 0.25) is 0 Å². The minimum absolute atomic E-state index is 0.0993. The van der Waals surface area contributed by atoms with Gasteiger partial charge in [-0.1, -0.05) is 12.1 Å². The number of hydrogen-bond donors (Lipinski definition) is 1. The number of hydrogen-bond acceptors (Lipinski definition) is 6. The number of aryl methyl sites for hydroxylation is 1. The molecule has 6 nitrogen and oxygen atoms in total. The molecule has 7 heteroatoms. The van der Waals surface area contributed by atoms with E-state index in [1.165, 1.54) is 16.9 Å². The zero-order valence-electron chi connectivity index (χ0n) is 21.7. The topological polar surface area (TPSA) is 51.2 Å². The molecule has 0 aromatic heterocycles. The standard InChI is InChI=1S/C30H35N5OS/c1-3-33(4-2)26-14-16-27(17-15-26)34-19-21-35(22-20-34)30(36)24-10-12-25(13-11-24)32-37-28-9-5-7-23-8-6-18-31-29(23)28/h5,7,9-18,32H,3-4,6,8,19-22H2,1-2H3. The van der Waals surface area contributed by atoms with E-state index in [-0.39, 0.29) is 5.91 Å². The Morgan fingerprint density at radius 2 is 1.68 bits per heavy atom. The van der Waals surface area contributed by atoms with Crippen molar-refractivity contribution in [2.75, 3.05) is 53.8 Å². The van der Waals surface area contributed by atoms with Crippen LogP contribution in [0.1, 0.15) is 36.2 Å². The smallest absolute Gasteiger partial charge is 0.253 e. The normalized spacial score (nSPS) is 14.9. The number of para-hydroxylation sites is 1. The van der Waals surface area contributed by atoms with Crippen molar-refractivity contribution in [2.45, 2.75) is 31.6 Å². The van der Waals surface area contributed by atoms with Gasteiger partial charge in [0.25, 0.3) is 5.91 Å². The van der Waals surface area contributed by atoms with Crippen molar-refractivity contribution in [3.63, 3.8) is 0 Å². The zero-order valence-corrected chi connectivity index (χ0v) is 22.5. The van der Waals surface area contributed by atoms with Crippen LogP contribution in [0, 0.1) is 0 Å². The molecule has 0 bridgehead atoms. The molecule has 0 aliphatic carbocycles. The lowest BCUT2D eigenvalue weighted by Crippen LogP contribution is -2.48. The van der Waals surface area contributed by atoms with Gasteiger partial charge in [-0.15, -0.1) is 0 Å². The highest BCUT2D eigenvalue weighted by Crippen LogP contribution is 2.35. The summed E-state index contributed by atoms with van der Waals surface area (Å²) in [5.41, 5.74) is 6.55. The van der Waals surface area contributed by atoms with Crippen LogP contribution in [-0.4, -0.2) is 56.3 Å². The number of amides is 1. The third-order valence-corrected chi connectivity index (χ3v) is 8.05. The van der Waals surface area contributed by atoms with Gasteiger partial charge in [0, 0.05) is 68.1 Å². The molecule has 2 aliphatic rings. The first kappa shape index (κ1) is 25.2. The number of nitrogens with zero attached hydrogens (tertiary/aromatic N) is 4. The van der Waals surface area contributed by atoms with Crippen molar-refractivity contribution in [1.29, 1.82) is 0 Å². The van der Waals surface area contributed by atoms with Gasteiger partial charge in [-0.25, -0.2) is 0 Å². The summed E-state index contributed by atoms with van der Waals surface area (Å²) in [5, 5.41) is 0. The molecule has 0 spiro atoms. The summed E-state index contributed by atoms with van der Waals surface area (Å²) in [6.45, 7) is 9.53. The SMILES string of the molecule is CCN(CC)c1ccc(N2CCN(C(=O)c3ccc(NSc4cccc5c4N=CCC5)cc3)CC2)cc1. The summed E-state index contributed by atoms with van der Waals surface area (Å²) < 4.78 is 3.41. The van der Waals surface area contributed by atoms with Gasteiger partial charge < -0.3 is 19.4 Å². The minimum atomic E-state index is 0.0993. The van der Waals surface area contributed by atoms with Crippen molar-refractivity contribution in [3.8, 4) is 0 Å². The summed E-state index contributed by atoms with van der Waals surface area (Å²) in [4.78, 5) is 25.5. The maximum absolute atomic E-state index is 13.1. The molecule has 0 atom stereocenters. The van der Waals surface area contributed by atoms with Crippen LogP contribution < -0.4 is 14.5 Å². The second-order valence-corrected chi connectivity index (χ2v) is 10.2. The highest BCUT2D eigenvalue weighted by molar-refractivity contribution is 8.00. The van der Waals surface area contributed by atoms with Crippen LogP contribution in [0.5, 0.6) is 0 Å². The van der Waals surface area contributed by atoms with E-state index in [0.29, 0.717) is 0 Å². The van der Waals surface area contributed by atoms with Crippen LogP contribution in [-0.2, 0) is 6.42 Å². The molecule has 2 heterocycles. The van der Waals surface area contributed by atoms with E-state index >= 15 is 0 Å². The quantitative estimate of drug-likeness (QED) is 0.360. The lowest BCUT2D eigenvalue weighted by molar-refractivity contribution is 0.0747. The van der Waals surface area contributed by atoms with Crippen LogP contribution >= 0.6 is 11.9 Å². The van der Waals surface area contributed by atoms with Gasteiger partial charge in [-0.2, -0.15) is 0 Å². The van der Waals surface area contributed by atoms with E-state index in [1.54, 1.807) is 11.9 Å². The highest BCUT2D eigenvalue weighted by atomic mass is 32.2. The molecule has 0 saturated carbocycles. The van der Waals surface area contributed by atoms with Crippen LogP contribution in [0.15, 0.2) is 76.6 Å². The van der Waals surface area contributed by atoms with Crippen molar-refractivity contribution < 1.29 is 4.79 Å². The number of rotatable bonds is 8. The fourth-order valence-corrected chi connectivity index (χ4v) is 5.77. The molecule has 1 N–H and O–H groups in total. The number of carbonyl (C=O) groups is 1. The van der Waals surface area contributed by atoms with Gasteiger partial charge in [0.1, 0.15) is 0 Å². The molecule has 0 unspecified atom stereocenters. The monoisotopic (exact) mass is 513 g/mol. The number of aliphatic imine (C=N–C) groups is 1. The Morgan fingerprint density at radius 1 is 0.946 bits per heavy atom. The lowest BCUT2D eigenvalue weighted by Gasteiger charge is -2.36. The Bertz CT molecular complexity index is 1230. The maximum atomic E-state index is 13.1. The molecule has 1 saturated heterocycles. The lowest BCUT2D eigenvalue weighted by atomic mass is 10.1. The van der Waals surface area contributed by atoms with Gasteiger partial charge in [-0.05, 0) is 98.8 Å². The minimum Gasteiger partial charge on any atom is -0.372 e. The van der Waals surface area contributed by atoms with E-state index in [1.807, 2.05) is 35.4 Å². The summed E-state index contributed by atoms with van der Waals surface area (Å²) in [5.74, 6) is 0.0993. The largest absolute Gasteiger partial charge is 0.372 e. The number of fused-ring (bicyclic) bond motifs is 1. The van der Waals surface area contributed by atoms with Gasteiger partial charge >= 0.3 is 0 Å².